The van der Waals surface area contributed by atoms with Gasteiger partial charge in [0, 0.05) is 0 Å². The third-order valence-electron chi connectivity index (χ3n) is 8.19. The Kier molecular flexibility index (Phi) is 12.8. The third-order valence-corrected chi connectivity index (χ3v) is 8.19. The summed E-state index contributed by atoms with van der Waals surface area (Å²) in [6.07, 6.45) is -36.0. The van der Waals surface area contributed by atoms with Crippen LogP contribution in [0.5, 0.6) is 0 Å². The molecule has 21 nitrogen and oxygen atoms in total. The zero-order chi connectivity index (χ0) is 33.3. The van der Waals surface area contributed by atoms with Gasteiger partial charge >= 0.3 is 0 Å². The molecular weight excluding hydrogens is 624 g/mol. The van der Waals surface area contributed by atoms with Crippen LogP contribution in [-0.4, -0.2) is 221 Å². The van der Waals surface area contributed by atoms with Gasteiger partial charge in [-0.1, -0.05) is 0 Å². The van der Waals surface area contributed by atoms with Crippen molar-refractivity contribution in [3.05, 3.63) is 0 Å². The van der Waals surface area contributed by atoms with Gasteiger partial charge in [-0.2, -0.15) is 0 Å². The van der Waals surface area contributed by atoms with Crippen molar-refractivity contribution >= 4 is 0 Å². The van der Waals surface area contributed by atoms with Crippen molar-refractivity contribution < 1.29 is 105 Å². The monoisotopic (exact) mass is 666 g/mol. The van der Waals surface area contributed by atoms with Gasteiger partial charge in [-0.3, -0.25) is 0 Å². The predicted octanol–water partition coefficient (Wildman–Crippen LogP) is -9.75. The molecule has 45 heavy (non-hydrogen) atoms. The van der Waals surface area contributed by atoms with Gasteiger partial charge in [0.2, 0.25) is 0 Å². The Morgan fingerprint density at radius 3 is 1.18 bits per heavy atom. The molecule has 4 aliphatic heterocycles. The minimum atomic E-state index is -2.10. The van der Waals surface area contributed by atoms with E-state index in [0.717, 1.165) is 0 Å². The summed E-state index contributed by atoms with van der Waals surface area (Å²) in [5.74, 6) is 0. The van der Waals surface area contributed by atoms with E-state index in [1.165, 1.54) is 0 Å². The number of hydrogen-bond acceptors (Lipinski definition) is 21. The molecule has 0 aromatic carbocycles. The lowest BCUT2D eigenvalue weighted by atomic mass is 9.95. The van der Waals surface area contributed by atoms with Crippen LogP contribution >= 0.6 is 0 Å². The molecule has 21 heteroatoms. The van der Waals surface area contributed by atoms with Crippen LogP contribution in [-0.2, 0) is 33.2 Å². The molecule has 0 radical (unpaired) electrons. The summed E-state index contributed by atoms with van der Waals surface area (Å²) in [5.41, 5.74) is 0. The molecular formula is C24H42O21. The lowest BCUT2D eigenvalue weighted by Crippen LogP contribution is -2.67. The second-order valence-electron chi connectivity index (χ2n) is 11.2. The summed E-state index contributed by atoms with van der Waals surface area (Å²) < 4.78 is 38.3. The number of hydrogen-bond donors (Lipinski definition) is 14. The van der Waals surface area contributed by atoms with E-state index in [2.05, 4.69) is 0 Å². The van der Waals surface area contributed by atoms with Gasteiger partial charge in [-0.15, -0.1) is 0 Å². The highest BCUT2D eigenvalue weighted by atomic mass is 16.8. The van der Waals surface area contributed by atoms with Crippen LogP contribution in [0.4, 0.5) is 0 Å². The Hall–Kier alpha value is -0.840. The lowest BCUT2D eigenvalue weighted by molar-refractivity contribution is -0.388. The largest absolute Gasteiger partial charge is 0.394 e. The first kappa shape index (κ1) is 37.0. The first-order valence-corrected chi connectivity index (χ1v) is 14.1. The predicted molar refractivity (Wildman–Crippen MR) is 134 cm³/mol. The minimum absolute atomic E-state index is 0.761. The molecule has 0 bridgehead atoms. The van der Waals surface area contributed by atoms with E-state index in [-0.39, 0.29) is 0 Å². The molecule has 4 aliphatic rings. The van der Waals surface area contributed by atoms with Crippen molar-refractivity contribution in [2.75, 3.05) is 26.4 Å². The van der Waals surface area contributed by atoms with Gasteiger partial charge in [0.25, 0.3) is 0 Å². The first-order valence-electron chi connectivity index (χ1n) is 14.1. The number of ether oxygens (including phenoxy) is 7. The van der Waals surface area contributed by atoms with Crippen LogP contribution < -0.4 is 0 Å². The molecule has 0 aliphatic carbocycles. The zero-order valence-electron chi connectivity index (χ0n) is 23.5. The van der Waals surface area contributed by atoms with Crippen LogP contribution in [0, 0.1) is 0 Å². The van der Waals surface area contributed by atoms with Crippen LogP contribution in [0.2, 0.25) is 0 Å². The minimum Gasteiger partial charge on any atom is -0.394 e. The average molecular weight is 667 g/mol. The topological polar surface area (TPSA) is 348 Å². The molecule has 264 valence electrons. The maximum atomic E-state index is 10.9. The van der Waals surface area contributed by atoms with Crippen LogP contribution in [0.15, 0.2) is 0 Å². The maximum absolute atomic E-state index is 10.9. The van der Waals surface area contributed by atoms with Crippen molar-refractivity contribution in [1.82, 2.24) is 0 Å². The highest BCUT2D eigenvalue weighted by molar-refractivity contribution is 4.97. The second-order valence-corrected chi connectivity index (χ2v) is 11.2. The summed E-state index contributed by atoms with van der Waals surface area (Å²) in [4.78, 5) is 0. The Morgan fingerprint density at radius 2 is 0.756 bits per heavy atom. The maximum Gasteiger partial charge on any atom is 0.187 e. The highest BCUT2D eigenvalue weighted by Gasteiger charge is 2.54. The van der Waals surface area contributed by atoms with E-state index in [9.17, 15) is 71.5 Å². The Morgan fingerprint density at radius 1 is 0.378 bits per heavy atom. The molecule has 0 aromatic rings. The molecule has 14 N–H and O–H groups in total. The molecule has 0 amide bonds. The first-order chi connectivity index (χ1) is 21.2. The molecule has 0 aromatic heterocycles. The van der Waals surface area contributed by atoms with Crippen LogP contribution in [0.3, 0.4) is 0 Å². The summed E-state index contributed by atoms with van der Waals surface area (Å²) in [7, 11) is 0. The number of aliphatic hydroxyl groups excluding tert-OH is 14. The second kappa shape index (κ2) is 15.6. The Labute approximate surface area is 254 Å². The van der Waals surface area contributed by atoms with Crippen molar-refractivity contribution in [1.29, 1.82) is 0 Å². The van der Waals surface area contributed by atoms with E-state index in [4.69, 9.17) is 33.2 Å². The van der Waals surface area contributed by atoms with E-state index in [1.807, 2.05) is 0 Å². The lowest BCUT2D eigenvalue weighted by Gasteiger charge is -2.48. The molecule has 4 heterocycles. The molecule has 8 unspecified atom stereocenters. The fourth-order valence-electron chi connectivity index (χ4n) is 5.43. The van der Waals surface area contributed by atoms with E-state index in [0.29, 0.717) is 0 Å². The van der Waals surface area contributed by atoms with Gasteiger partial charge < -0.3 is 105 Å². The summed E-state index contributed by atoms with van der Waals surface area (Å²) in [6, 6.07) is 0. The summed E-state index contributed by atoms with van der Waals surface area (Å²) >= 11 is 0. The van der Waals surface area contributed by atoms with Gasteiger partial charge in [-0.25, -0.2) is 0 Å². The molecule has 0 saturated carbocycles. The molecule has 4 saturated heterocycles. The van der Waals surface area contributed by atoms with Gasteiger partial charge in [0.15, 0.2) is 25.2 Å². The summed E-state index contributed by atoms with van der Waals surface area (Å²) in [5, 5.41) is 142. The SMILES string of the molecule is OCC1O[C@@H](OCC2O[C@H](O)C(O)[C@@H](O[C@@H]3OC(CO)[C@@H](O)[C@H](O)C3O)[C@@H]2O[C@@H]2OC(CO)[C@@H](O)[C@H](O)C2O)C(O)[C@@H](O)[C@@H]1O. The van der Waals surface area contributed by atoms with Crippen molar-refractivity contribution in [2.24, 2.45) is 0 Å². The van der Waals surface area contributed by atoms with E-state index < -0.39 is 149 Å². The number of rotatable bonds is 10. The average Bonchev–Trinajstić information content (AvgIpc) is 3.03. The highest BCUT2D eigenvalue weighted by Crippen LogP contribution is 2.34. The van der Waals surface area contributed by atoms with E-state index in [1.54, 1.807) is 0 Å². The van der Waals surface area contributed by atoms with Crippen LogP contribution in [0.25, 0.3) is 0 Å². The van der Waals surface area contributed by atoms with Gasteiger partial charge in [0.05, 0.1) is 26.4 Å². The number of aliphatic hydroxyl groups is 14. The van der Waals surface area contributed by atoms with Crippen molar-refractivity contribution in [3.8, 4) is 0 Å². The molecule has 4 rings (SSSR count). The zero-order valence-corrected chi connectivity index (χ0v) is 23.5. The standard InChI is InChI=1S/C24H42O21/c25-1-5-9(28)12(31)15(34)22(41-5)39-4-8-19(44-23-16(35)13(32)10(29)6(2-26)42-23)20(18(37)21(38)40-8)45-24-17(36)14(33)11(30)7(3-27)43-24/h5-38H,1-4H2/t5?,6?,7?,8?,9-,10-,11-,12+,13+,14+,15?,16?,17?,18?,19-,20-,21+,22-,23+,24+/m1/s1. The van der Waals surface area contributed by atoms with Gasteiger partial charge in [-0.05, 0) is 0 Å². The quantitative estimate of drug-likeness (QED) is 0.103. The molecule has 20 atom stereocenters. The van der Waals surface area contributed by atoms with Crippen LogP contribution in [0.1, 0.15) is 0 Å². The van der Waals surface area contributed by atoms with Crippen molar-refractivity contribution in [3.63, 3.8) is 0 Å². The van der Waals surface area contributed by atoms with Crippen molar-refractivity contribution in [2.45, 2.75) is 123 Å². The third kappa shape index (κ3) is 7.59. The summed E-state index contributed by atoms with van der Waals surface area (Å²) in [6.45, 7) is -3.23. The smallest absolute Gasteiger partial charge is 0.187 e. The normalized spacial score (nSPS) is 52.9. The molecule has 4 fully saturated rings. The van der Waals surface area contributed by atoms with Gasteiger partial charge in [0.1, 0.15) is 97.7 Å². The fraction of sp³-hybridized carbons (Fsp3) is 1.00. The Balaban J connectivity index is 1.61. The Bertz CT molecular complexity index is 912. The van der Waals surface area contributed by atoms with E-state index >= 15 is 0 Å². The molecule has 0 spiro atoms. The fourth-order valence-corrected chi connectivity index (χ4v) is 5.43.